The van der Waals surface area contributed by atoms with Crippen LogP contribution in [0, 0.1) is 9.49 Å². The highest BCUT2D eigenvalue weighted by Gasteiger charge is 2.52. The molecule has 6 heteroatoms. The van der Waals surface area contributed by atoms with Crippen molar-refractivity contribution >= 4 is 28.6 Å². The third-order valence-electron chi connectivity index (χ3n) is 3.56. The number of aliphatic hydroxyl groups is 1. The third-order valence-corrected chi connectivity index (χ3v) is 4.27. The van der Waals surface area contributed by atoms with Crippen LogP contribution < -0.4 is 0 Å². The Labute approximate surface area is 124 Å². The van der Waals surface area contributed by atoms with Gasteiger partial charge in [-0.3, -0.25) is 9.63 Å². The quantitative estimate of drug-likeness (QED) is 0.630. The van der Waals surface area contributed by atoms with E-state index >= 15 is 0 Å². The summed E-state index contributed by atoms with van der Waals surface area (Å²) in [7, 11) is 0. The van der Waals surface area contributed by atoms with E-state index in [0.717, 1.165) is 9.13 Å². The Hall–Kier alpha value is -0.700. The van der Waals surface area contributed by atoms with Crippen LogP contribution in [0.15, 0.2) is 24.3 Å². The fourth-order valence-electron chi connectivity index (χ4n) is 2.56. The predicted octanol–water partition coefficient (Wildman–Crippen LogP) is 0.941. The topological polar surface area (TPSA) is 59.0 Å². The van der Waals surface area contributed by atoms with Crippen LogP contribution in [-0.4, -0.2) is 41.5 Å². The molecule has 3 rings (SSSR count). The molecule has 2 fully saturated rings. The standard InChI is InChI=1S/C13H14INO4/c14-9-3-1-8(2-4-9)5-15-12-10(7-18-13(12)17)11(6-16)19-15/h1-4,10-12,16H,5-7H2/t10?,11-,12-/m0/s1. The fourth-order valence-corrected chi connectivity index (χ4v) is 2.92. The molecule has 1 N–H and O–H groups in total. The summed E-state index contributed by atoms with van der Waals surface area (Å²) in [4.78, 5) is 17.4. The van der Waals surface area contributed by atoms with Crippen LogP contribution in [0.3, 0.4) is 0 Å². The maximum Gasteiger partial charge on any atom is 0.326 e. The van der Waals surface area contributed by atoms with Crippen LogP contribution in [-0.2, 0) is 20.9 Å². The monoisotopic (exact) mass is 375 g/mol. The van der Waals surface area contributed by atoms with E-state index in [1.165, 1.54) is 0 Å². The van der Waals surface area contributed by atoms with Crippen LogP contribution in [0.25, 0.3) is 0 Å². The van der Waals surface area contributed by atoms with Gasteiger partial charge in [-0.05, 0) is 40.3 Å². The number of hydroxylamine groups is 2. The number of benzene rings is 1. The van der Waals surface area contributed by atoms with Gasteiger partial charge in [0.15, 0.2) is 0 Å². The number of ether oxygens (including phenoxy) is 1. The van der Waals surface area contributed by atoms with Crippen LogP contribution in [0.1, 0.15) is 5.56 Å². The second-order valence-corrected chi connectivity index (χ2v) is 6.01. The number of rotatable bonds is 3. The highest BCUT2D eigenvalue weighted by molar-refractivity contribution is 14.1. The molecule has 0 aliphatic carbocycles. The number of hydrogen-bond acceptors (Lipinski definition) is 5. The normalized spacial score (nSPS) is 30.4. The van der Waals surface area contributed by atoms with Crippen LogP contribution in [0.2, 0.25) is 0 Å². The van der Waals surface area contributed by atoms with Crippen molar-refractivity contribution in [1.29, 1.82) is 0 Å². The zero-order chi connectivity index (χ0) is 13.4. The van der Waals surface area contributed by atoms with Crippen molar-refractivity contribution in [3.8, 4) is 0 Å². The third kappa shape index (κ3) is 2.49. The average molecular weight is 375 g/mol. The van der Waals surface area contributed by atoms with E-state index in [9.17, 15) is 9.90 Å². The smallest absolute Gasteiger partial charge is 0.326 e. The van der Waals surface area contributed by atoms with E-state index < -0.39 is 6.04 Å². The summed E-state index contributed by atoms with van der Waals surface area (Å²) in [5, 5.41) is 10.9. The molecule has 0 bridgehead atoms. The summed E-state index contributed by atoms with van der Waals surface area (Å²) in [5.74, 6) is -0.326. The van der Waals surface area contributed by atoms with Gasteiger partial charge in [-0.15, -0.1) is 0 Å². The van der Waals surface area contributed by atoms with Gasteiger partial charge in [-0.25, -0.2) is 0 Å². The van der Waals surface area contributed by atoms with Crippen LogP contribution in [0.5, 0.6) is 0 Å². The van der Waals surface area contributed by atoms with Crippen molar-refractivity contribution < 1.29 is 19.5 Å². The highest BCUT2D eigenvalue weighted by Crippen LogP contribution is 2.34. The Bertz CT molecular complexity index is 478. The van der Waals surface area contributed by atoms with Gasteiger partial charge < -0.3 is 9.84 Å². The molecular weight excluding hydrogens is 361 g/mol. The average Bonchev–Trinajstić information content (AvgIpc) is 2.94. The summed E-state index contributed by atoms with van der Waals surface area (Å²) < 4.78 is 6.23. The van der Waals surface area contributed by atoms with Crippen molar-refractivity contribution in [2.24, 2.45) is 5.92 Å². The number of halogens is 1. The van der Waals surface area contributed by atoms with Crippen LogP contribution >= 0.6 is 22.6 Å². The van der Waals surface area contributed by atoms with E-state index in [1.807, 2.05) is 24.3 Å². The van der Waals surface area contributed by atoms with Crippen molar-refractivity contribution in [2.45, 2.75) is 18.7 Å². The van der Waals surface area contributed by atoms with Gasteiger partial charge in [0.25, 0.3) is 0 Å². The van der Waals surface area contributed by atoms with Crippen LogP contribution in [0.4, 0.5) is 0 Å². The number of nitrogens with zero attached hydrogens (tertiary/aromatic N) is 1. The van der Waals surface area contributed by atoms with Gasteiger partial charge >= 0.3 is 5.97 Å². The van der Waals surface area contributed by atoms with Crippen molar-refractivity contribution in [3.05, 3.63) is 33.4 Å². The van der Waals surface area contributed by atoms with E-state index in [1.54, 1.807) is 5.06 Å². The largest absolute Gasteiger partial charge is 0.464 e. The fraction of sp³-hybridized carbons (Fsp3) is 0.462. The number of hydrogen-bond donors (Lipinski definition) is 1. The molecule has 2 heterocycles. The lowest BCUT2D eigenvalue weighted by molar-refractivity contribution is -0.192. The number of fused-ring (bicyclic) bond motifs is 1. The molecule has 3 atom stereocenters. The Kier molecular flexibility index (Phi) is 3.75. The molecule has 102 valence electrons. The van der Waals surface area contributed by atoms with E-state index in [-0.39, 0.29) is 24.6 Å². The highest BCUT2D eigenvalue weighted by atomic mass is 127. The minimum atomic E-state index is -0.392. The first-order valence-electron chi connectivity index (χ1n) is 6.14. The molecule has 0 aromatic heterocycles. The minimum Gasteiger partial charge on any atom is -0.464 e. The Morgan fingerprint density at radius 1 is 1.37 bits per heavy atom. The molecule has 1 unspecified atom stereocenters. The van der Waals surface area contributed by atoms with Gasteiger partial charge in [0.05, 0.1) is 25.7 Å². The second kappa shape index (κ2) is 5.35. The maximum atomic E-state index is 11.7. The molecule has 0 amide bonds. The van der Waals surface area contributed by atoms with Gasteiger partial charge in [-0.1, -0.05) is 12.1 Å². The predicted molar refractivity (Wildman–Crippen MR) is 74.9 cm³/mol. The second-order valence-electron chi connectivity index (χ2n) is 4.77. The molecule has 0 saturated carbocycles. The van der Waals surface area contributed by atoms with Crippen molar-refractivity contribution in [2.75, 3.05) is 13.2 Å². The molecule has 1 aromatic carbocycles. The lowest BCUT2D eigenvalue weighted by Gasteiger charge is -2.19. The van der Waals surface area contributed by atoms with Crippen molar-refractivity contribution in [3.63, 3.8) is 0 Å². The number of carbonyl (C=O) groups excluding carboxylic acids is 1. The summed E-state index contributed by atoms with van der Waals surface area (Å²) in [6.07, 6.45) is -0.347. The van der Waals surface area contributed by atoms with E-state index in [4.69, 9.17) is 9.57 Å². The zero-order valence-corrected chi connectivity index (χ0v) is 12.3. The molecule has 2 aliphatic heterocycles. The molecule has 19 heavy (non-hydrogen) atoms. The Balaban J connectivity index is 1.77. The first-order valence-corrected chi connectivity index (χ1v) is 7.22. The summed E-state index contributed by atoms with van der Waals surface area (Å²) in [5.41, 5.74) is 1.07. The lowest BCUT2D eigenvalue weighted by atomic mass is 9.98. The van der Waals surface area contributed by atoms with Gasteiger partial charge in [0.1, 0.15) is 12.1 Å². The first kappa shape index (κ1) is 13.3. The molecule has 0 radical (unpaired) electrons. The molecular formula is C13H14INO4. The summed E-state index contributed by atoms with van der Waals surface area (Å²) in [6, 6.07) is 7.65. The number of carbonyl (C=O) groups is 1. The van der Waals surface area contributed by atoms with E-state index in [0.29, 0.717) is 13.2 Å². The minimum absolute atomic E-state index is 0.0682. The zero-order valence-electron chi connectivity index (χ0n) is 10.2. The van der Waals surface area contributed by atoms with Crippen molar-refractivity contribution in [1.82, 2.24) is 5.06 Å². The number of esters is 1. The lowest BCUT2D eigenvalue weighted by Crippen LogP contribution is -2.34. The summed E-state index contributed by atoms with van der Waals surface area (Å²) in [6.45, 7) is 0.753. The maximum absolute atomic E-state index is 11.7. The Morgan fingerprint density at radius 3 is 2.79 bits per heavy atom. The molecule has 2 saturated heterocycles. The van der Waals surface area contributed by atoms with Gasteiger partial charge in [0.2, 0.25) is 0 Å². The SMILES string of the molecule is O=C1OCC2[C@H](CO)ON(Cc3ccc(I)cc3)[C@H]12. The van der Waals surface area contributed by atoms with E-state index in [2.05, 4.69) is 22.6 Å². The molecule has 0 spiro atoms. The Morgan fingerprint density at radius 2 is 2.11 bits per heavy atom. The number of aliphatic hydroxyl groups excluding tert-OH is 1. The molecule has 5 nitrogen and oxygen atoms in total. The molecule has 1 aromatic rings. The molecule has 2 aliphatic rings. The van der Waals surface area contributed by atoms with Gasteiger partial charge in [-0.2, -0.15) is 5.06 Å². The summed E-state index contributed by atoms with van der Waals surface area (Å²) >= 11 is 2.25. The van der Waals surface area contributed by atoms with Gasteiger partial charge in [0, 0.05) is 3.57 Å². The number of cyclic esters (lactones) is 1. The first-order chi connectivity index (χ1) is 9.19.